The number of nitrogens with zero attached hydrogens (tertiary/aromatic N) is 1. The van der Waals surface area contributed by atoms with E-state index in [1.807, 2.05) is 32.0 Å². The Hall–Kier alpha value is -2.57. The molecule has 1 saturated heterocycles. The third-order valence-corrected chi connectivity index (χ3v) is 3.48. The molecule has 124 valence electrons. The lowest BCUT2D eigenvalue weighted by Crippen LogP contribution is -2.37. The van der Waals surface area contributed by atoms with Gasteiger partial charge in [0.25, 0.3) is 0 Å². The molecule has 1 aliphatic rings. The summed E-state index contributed by atoms with van der Waals surface area (Å²) in [5.74, 6) is -0.710. The SMILES string of the molecule is Cc1cc(C)cc(NC(=O)CC(=O)NCCN2CCNC2=O)c1. The van der Waals surface area contributed by atoms with E-state index in [9.17, 15) is 14.4 Å². The molecule has 3 N–H and O–H groups in total. The number of amides is 4. The van der Waals surface area contributed by atoms with Crippen LogP contribution in [-0.2, 0) is 9.59 Å². The molecular weight excluding hydrogens is 296 g/mol. The molecule has 7 nitrogen and oxygen atoms in total. The maximum atomic E-state index is 11.9. The summed E-state index contributed by atoms with van der Waals surface area (Å²) in [5.41, 5.74) is 2.79. The van der Waals surface area contributed by atoms with Crippen LogP contribution in [0.3, 0.4) is 0 Å². The van der Waals surface area contributed by atoms with Gasteiger partial charge in [0.05, 0.1) is 0 Å². The Labute approximate surface area is 135 Å². The summed E-state index contributed by atoms with van der Waals surface area (Å²) >= 11 is 0. The Morgan fingerprint density at radius 2 is 1.87 bits per heavy atom. The average molecular weight is 318 g/mol. The first-order valence-electron chi connectivity index (χ1n) is 7.61. The summed E-state index contributed by atoms with van der Waals surface area (Å²) < 4.78 is 0. The highest BCUT2D eigenvalue weighted by Crippen LogP contribution is 2.13. The van der Waals surface area contributed by atoms with E-state index < -0.39 is 0 Å². The average Bonchev–Trinajstić information content (AvgIpc) is 2.83. The molecular formula is C16H22N4O3. The lowest BCUT2D eigenvalue weighted by atomic mass is 10.1. The van der Waals surface area contributed by atoms with Gasteiger partial charge in [0, 0.05) is 31.9 Å². The predicted octanol–water partition coefficient (Wildman–Crippen LogP) is 0.773. The highest BCUT2D eigenvalue weighted by Gasteiger charge is 2.18. The highest BCUT2D eigenvalue weighted by atomic mass is 16.2. The maximum Gasteiger partial charge on any atom is 0.317 e. The van der Waals surface area contributed by atoms with Crippen LogP contribution in [0, 0.1) is 13.8 Å². The molecule has 4 amide bonds. The van der Waals surface area contributed by atoms with Crippen molar-refractivity contribution in [1.82, 2.24) is 15.5 Å². The molecule has 1 aromatic rings. The monoisotopic (exact) mass is 318 g/mol. The van der Waals surface area contributed by atoms with Gasteiger partial charge in [-0.1, -0.05) is 6.07 Å². The molecule has 2 rings (SSSR count). The van der Waals surface area contributed by atoms with Gasteiger partial charge in [0.15, 0.2) is 0 Å². The second kappa shape index (κ2) is 7.62. The molecule has 0 bridgehead atoms. The molecule has 0 aromatic heterocycles. The second-order valence-corrected chi connectivity index (χ2v) is 5.67. The van der Waals surface area contributed by atoms with Crippen LogP contribution in [0.4, 0.5) is 10.5 Å². The molecule has 0 atom stereocenters. The number of aryl methyl sites for hydroxylation is 2. The minimum absolute atomic E-state index is 0.119. The van der Waals surface area contributed by atoms with Crippen molar-refractivity contribution in [2.45, 2.75) is 20.3 Å². The molecule has 1 aliphatic heterocycles. The van der Waals surface area contributed by atoms with E-state index in [0.717, 1.165) is 11.1 Å². The number of hydrogen-bond donors (Lipinski definition) is 3. The van der Waals surface area contributed by atoms with Gasteiger partial charge in [-0.25, -0.2) is 4.79 Å². The summed E-state index contributed by atoms with van der Waals surface area (Å²) in [7, 11) is 0. The van der Waals surface area contributed by atoms with Crippen molar-refractivity contribution < 1.29 is 14.4 Å². The van der Waals surface area contributed by atoms with Crippen LogP contribution in [0.1, 0.15) is 17.5 Å². The molecule has 0 radical (unpaired) electrons. The second-order valence-electron chi connectivity index (χ2n) is 5.67. The fourth-order valence-corrected chi connectivity index (χ4v) is 2.52. The standard InChI is InChI=1S/C16H22N4O3/c1-11-7-12(2)9-13(8-11)19-15(22)10-14(21)17-3-5-20-6-4-18-16(20)23/h7-9H,3-6,10H2,1-2H3,(H,17,21)(H,18,23)(H,19,22). The van der Waals surface area contributed by atoms with E-state index >= 15 is 0 Å². The van der Waals surface area contributed by atoms with E-state index in [1.165, 1.54) is 0 Å². The van der Waals surface area contributed by atoms with Crippen molar-refractivity contribution in [2.24, 2.45) is 0 Å². The minimum Gasteiger partial charge on any atom is -0.354 e. The van der Waals surface area contributed by atoms with Crippen LogP contribution in [0.5, 0.6) is 0 Å². The van der Waals surface area contributed by atoms with E-state index in [2.05, 4.69) is 16.0 Å². The van der Waals surface area contributed by atoms with Crippen LogP contribution in [0.15, 0.2) is 18.2 Å². The van der Waals surface area contributed by atoms with Gasteiger partial charge in [-0.2, -0.15) is 0 Å². The number of carbonyl (C=O) groups excluding carboxylic acids is 3. The van der Waals surface area contributed by atoms with E-state index in [-0.39, 0.29) is 24.3 Å². The molecule has 1 fully saturated rings. The zero-order chi connectivity index (χ0) is 16.8. The van der Waals surface area contributed by atoms with E-state index in [0.29, 0.717) is 31.9 Å². The van der Waals surface area contributed by atoms with Crippen molar-refractivity contribution in [2.75, 3.05) is 31.5 Å². The number of urea groups is 1. The number of rotatable bonds is 6. The summed E-state index contributed by atoms with van der Waals surface area (Å²) in [6.45, 7) is 5.94. The number of hydrogen-bond acceptors (Lipinski definition) is 3. The van der Waals surface area contributed by atoms with Crippen molar-refractivity contribution in [1.29, 1.82) is 0 Å². The van der Waals surface area contributed by atoms with Gasteiger partial charge < -0.3 is 20.9 Å². The van der Waals surface area contributed by atoms with Gasteiger partial charge in [0.2, 0.25) is 11.8 Å². The number of carbonyl (C=O) groups is 3. The van der Waals surface area contributed by atoms with Crippen molar-refractivity contribution in [3.8, 4) is 0 Å². The Bertz CT molecular complexity index is 595. The number of nitrogens with one attached hydrogen (secondary N) is 3. The third-order valence-electron chi connectivity index (χ3n) is 3.48. The summed E-state index contributed by atoms with van der Waals surface area (Å²) in [6, 6.07) is 5.60. The molecule has 0 spiro atoms. The van der Waals surface area contributed by atoms with Crippen LogP contribution in [0.2, 0.25) is 0 Å². The summed E-state index contributed by atoms with van der Waals surface area (Å²) in [4.78, 5) is 36.6. The van der Waals surface area contributed by atoms with Gasteiger partial charge in [0.1, 0.15) is 6.42 Å². The van der Waals surface area contributed by atoms with Crippen molar-refractivity contribution in [3.63, 3.8) is 0 Å². The Balaban J connectivity index is 1.72. The highest BCUT2D eigenvalue weighted by molar-refractivity contribution is 6.03. The molecule has 1 heterocycles. The Morgan fingerprint density at radius 1 is 1.17 bits per heavy atom. The smallest absolute Gasteiger partial charge is 0.317 e. The lowest BCUT2D eigenvalue weighted by molar-refractivity contribution is -0.126. The van der Waals surface area contributed by atoms with E-state index in [4.69, 9.17) is 0 Å². The summed E-state index contributed by atoms with van der Waals surface area (Å²) in [5, 5.41) is 8.05. The van der Waals surface area contributed by atoms with Crippen LogP contribution in [0.25, 0.3) is 0 Å². The first kappa shape index (κ1) is 16.8. The molecule has 23 heavy (non-hydrogen) atoms. The Morgan fingerprint density at radius 3 is 2.48 bits per heavy atom. The predicted molar refractivity (Wildman–Crippen MR) is 87.1 cm³/mol. The Kier molecular flexibility index (Phi) is 5.56. The van der Waals surface area contributed by atoms with Gasteiger partial charge in [-0.05, 0) is 37.1 Å². The topological polar surface area (TPSA) is 90.5 Å². The van der Waals surface area contributed by atoms with Crippen LogP contribution < -0.4 is 16.0 Å². The lowest BCUT2D eigenvalue weighted by Gasteiger charge is -2.14. The first-order valence-corrected chi connectivity index (χ1v) is 7.61. The molecule has 0 aliphatic carbocycles. The zero-order valence-corrected chi connectivity index (χ0v) is 13.4. The molecule has 0 unspecified atom stereocenters. The van der Waals surface area contributed by atoms with Crippen molar-refractivity contribution >= 4 is 23.5 Å². The quantitative estimate of drug-likeness (QED) is 0.677. The zero-order valence-electron chi connectivity index (χ0n) is 13.4. The largest absolute Gasteiger partial charge is 0.354 e. The number of benzene rings is 1. The third kappa shape index (κ3) is 5.28. The number of anilines is 1. The molecule has 7 heteroatoms. The fraction of sp³-hybridized carbons (Fsp3) is 0.438. The summed E-state index contributed by atoms with van der Waals surface area (Å²) in [6.07, 6.45) is -0.237. The van der Waals surface area contributed by atoms with Crippen molar-refractivity contribution in [3.05, 3.63) is 29.3 Å². The van der Waals surface area contributed by atoms with Gasteiger partial charge >= 0.3 is 6.03 Å². The van der Waals surface area contributed by atoms with Gasteiger partial charge in [-0.15, -0.1) is 0 Å². The molecule has 1 aromatic carbocycles. The van der Waals surface area contributed by atoms with Crippen LogP contribution >= 0.6 is 0 Å². The molecule has 0 saturated carbocycles. The van der Waals surface area contributed by atoms with Crippen LogP contribution in [-0.4, -0.2) is 48.9 Å². The maximum absolute atomic E-state index is 11.9. The first-order chi connectivity index (χ1) is 10.9. The fourth-order valence-electron chi connectivity index (χ4n) is 2.52. The van der Waals surface area contributed by atoms with Gasteiger partial charge in [-0.3, -0.25) is 9.59 Å². The minimum atomic E-state index is -0.355. The van der Waals surface area contributed by atoms with E-state index in [1.54, 1.807) is 4.90 Å². The normalized spacial score (nSPS) is 13.7.